The molecule has 1 amide bonds. The molecule has 5 nitrogen and oxygen atoms in total. The number of carbonyl (C=O) groups is 1. The molecule has 0 spiro atoms. The summed E-state index contributed by atoms with van der Waals surface area (Å²) in [5.74, 6) is 0. The van der Waals surface area contributed by atoms with Crippen LogP contribution in [0.25, 0.3) is 0 Å². The van der Waals surface area contributed by atoms with Gasteiger partial charge in [-0.05, 0) is 0 Å². The molecule has 0 aromatic heterocycles. The second kappa shape index (κ2) is 4.69. The molecule has 0 aliphatic carbocycles. The molecule has 1 aliphatic rings. The highest BCUT2D eigenvalue weighted by atomic mass is 32.2. The molecule has 1 rings (SSSR count). The van der Waals surface area contributed by atoms with E-state index >= 15 is 0 Å². The van der Waals surface area contributed by atoms with Gasteiger partial charge in [-0.3, -0.25) is 0 Å². The number of hydrogen-bond donors (Lipinski definition) is 2. The molecule has 76 valence electrons. The van der Waals surface area contributed by atoms with Crippen LogP contribution in [0, 0.1) is 0 Å². The van der Waals surface area contributed by atoms with Gasteiger partial charge in [-0.1, -0.05) is 0 Å². The summed E-state index contributed by atoms with van der Waals surface area (Å²) in [6, 6.07) is 0. The number of hydrogen-bond acceptors (Lipinski definition) is 5. The quantitative estimate of drug-likeness (QED) is 0.676. The van der Waals surface area contributed by atoms with Crippen LogP contribution in [0.4, 0.5) is 4.79 Å². The molecule has 1 heterocycles. The fourth-order valence-electron chi connectivity index (χ4n) is 1.27. The van der Waals surface area contributed by atoms with Crippen molar-refractivity contribution in [3.05, 3.63) is 0 Å². The minimum absolute atomic E-state index is 0.0264. The Hall–Kier alpha value is -0.460. The maximum Gasteiger partial charge on any atom is 0.404 e. The largest absolute Gasteiger partial charge is 0.445 e. The highest BCUT2D eigenvalue weighted by Crippen LogP contribution is 2.35. The molecule has 3 N–H and O–H groups in total. The summed E-state index contributed by atoms with van der Waals surface area (Å²) in [6.07, 6.45) is -0.562. The van der Waals surface area contributed by atoms with Crippen molar-refractivity contribution in [1.29, 1.82) is 0 Å². The third kappa shape index (κ3) is 2.75. The van der Waals surface area contributed by atoms with E-state index in [0.717, 1.165) is 0 Å². The van der Waals surface area contributed by atoms with Crippen molar-refractivity contribution >= 4 is 17.9 Å². The Kier molecular flexibility index (Phi) is 3.83. The fourth-order valence-corrected chi connectivity index (χ4v) is 2.49. The third-order valence-electron chi connectivity index (χ3n) is 1.88. The lowest BCUT2D eigenvalue weighted by atomic mass is 10.2. The minimum atomic E-state index is -0.805. The van der Waals surface area contributed by atoms with E-state index in [1.807, 2.05) is 0 Å². The highest BCUT2D eigenvalue weighted by Gasteiger charge is 2.36. The lowest BCUT2D eigenvalue weighted by Crippen LogP contribution is -2.30. The normalized spacial score (nSPS) is 33.2. The van der Waals surface area contributed by atoms with Crippen molar-refractivity contribution in [3.63, 3.8) is 0 Å². The van der Waals surface area contributed by atoms with E-state index in [-0.39, 0.29) is 23.4 Å². The smallest absolute Gasteiger partial charge is 0.404 e. The van der Waals surface area contributed by atoms with Crippen LogP contribution in [-0.2, 0) is 9.47 Å². The first-order valence-electron chi connectivity index (χ1n) is 3.92. The summed E-state index contributed by atoms with van der Waals surface area (Å²) >= 11 is 1.46. The van der Waals surface area contributed by atoms with Crippen LogP contribution in [0.15, 0.2) is 0 Å². The first-order chi connectivity index (χ1) is 6.17. The summed E-state index contributed by atoms with van der Waals surface area (Å²) in [7, 11) is 1.58. The number of ether oxygens (including phenoxy) is 2. The Bertz CT molecular complexity index is 189. The number of aliphatic hydroxyl groups is 1. The standard InChI is InChI=1S/C7H13NO4S/c1-11-6-2-4(12-7(8)10)5(3-9)13-6/h4-6,9H,2-3H2,1H3,(H2,8,10)/t4-,5+,6?/m0/s1. The van der Waals surface area contributed by atoms with Crippen LogP contribution >= 0.6 is 11.8 Å². The Labute approximate surface area is 80.6 Å². The number of rotatable bonds is 3. The summed E-state index contributed by atoms with van der Waals surface area (Å²) in [5.41, 5.74) is 4.86. The maximum absolute atomic E-state index is 10.5. The van der Waals surface area contributed by atoms with Gasteiger partial charge in [-0.15, -0.1) is 11.8 Å². The number of methoxy groups -OCH3 is 1. The van der Waals surface area contributed by atoms with Crippen molar-refractivity contribution in [2.24, 2.45) is 5.73 Å². The van der Waals surface area contributed by atoms with Gasteiger partial charge in [-0.2, -0.15) is 0 Å². The number of aliphatic hydroxyl groups excluding tert-OH is 1. The van der Waals surface area contributed by atoms with Crippen molar-refractivity contribution in [2.75, 3.05) is 13.7 Å². The van der Waals surface area contributed by atoms with Gasteiger partial charge in [-0.25, -0.2) is 4.79 Å². The first kappa shape index (κ1) is 10.6. The highest BCUT2D eigenvalue weighted by molar-refractivity contribution is 8.00. The lowest BCUT2D eigenvalue weighted by Gasteiger charge is -2.14. The Morgan fingerprint density at radius 2 is 2.46 bits per heavy atom. The van der Waals surface area contributed by atoms with Crippen molar-refractivity contribution in [2.45, 2.75) is 23.2 Å². The zero-order valence-corrected chi connectivity index (χ0v) is 8.12. The summed E-state index contributed by atoms with van der Waals surface area (Å²) in [4.78, 5) is 10.5. The second-order valence-electron chi connectivity index (χ2n) is 2.73. The molecule has 1 fully saturated rings. The van der Waals surface area contributed by atoms with Gasteiger partial charge in [0, 0.05) is 13.5 Å². The van der Waals surface area contributed by atoms with E-state index in [1.165, 1.54) is 11.8 Å². The average Bonchev–Trinajstić information content (AvgIpc) is 2.46. The second-order valence-corrected chi connectivity index (χ2v) is 4.14. The molecule has 13 heavy (non-hydrogen) atoms. The molecule has 0 bridgehead atoms. The molecule has 0 radical (unpaired) electrons. The average molecular weight is 207 g/mol. The lowest BCUT2D eigenvalue weighted by molar-refractivity contribution is 0.0711. The van der Waals surface area contributed by atoms with Crippen molar-refractivity contribution < 1.29 is 19.4 Å². The van der Waals surface area contributed by atoms with Crippen LogP contribution in [0.5, 0.6) is 0 Å². The third-order valence-corrected chi connectivity index (χ3v) is 3.37. The van der Waals surface area contributed by atoms with Gasteiger partial charge in [0.2, 0.25) is 0 Å². The van der Waals surface area contributed by atoms with E-state index < -0.39 is 6.09 Å². The molecule has 6 heteroatoms. The van der Waals surface area contributed by atoms with E-state index in [1.54, 1.807) is 7.11 Å². The Morgan fingerprint density at radius 3 is 2.92 bits per heavy atom. The van der Waals surface area contributed by atoms with Crippen LogP contribution in [-0.4, -0.2) is 41.7 Å². The molecule has 3 atom stereocenters. The minimum Gasteiger partial charge on any atom is -0.445 e. The molecule has 1 aliphatic heterocycles. The van der Waals surface area contributed by atoms with Gasteiger partial charge < -0.3 is 20.3 Å². The van der Waals surface area contributed by atoms with Gasteiger partial charge in [0.25, 0.3) is 0 Å². The number of thioether (sulfide) groups is 1. The molecule has 1 unspecified atom stereocenters. The van der Waals surface area contributed by atoms with Gasteiger partial charge in [0.05, 0.1) is 11.9 Å². The van der Waals surface area contributed by atoms with Gasteiger partial charge >= 0.3 is 6.09 Å². The predicted molar refractivity (Wildman–Crippen MR) is 48.3 cm³/mol. The molecule has 0 saturated carbocycles. The summed E-state index contributed by atoms with van der Waals surface area (Å²) < 4.78 is 9.90. The zero-order chi connectivity index (χ0) is 9.84. The number of amides is 1. The SMILES string of the molecule is COC1C[C@H](OC(N)=O)[C@@H](CO)S1. The van der Waals surface area contributed by atoms with Crippen molar-refractivity contribution in [1.82, 2.24) is 0 Å². The zero-order valence-electron chi connectivity index (χ0n) is 7.30. The first-order valence-corrected chi connectivity index (χ1v) is 4.87. The predicted octanol–water partition coefficient (Wildman–Crippen LogP) is -0.0794. The van der Waals surface area contributed by atoms with Crippen LogP contribution < -0.4 is 5.73 Å². The van der Waals surface area contributed by atoms with Gasteiger partial charge in [0.1, 0.15) is 11.5 Å². The van der Waals surface area contributed by atoms with E-state index in [0.29, 0.717) is 6.42 Å². The van der Waals surface area contributed by atoms with E-state index in [4.69, 9.17) is 20.3 Å². The summed E-state index contributed by atoms with van der Waals surface area (Å²) in [6.45, 7) is -0.0392. The number of primary amides is 1. The van der Waals surface area contributed by atoms with Crippen LogP contribution in [0.1, 0.15) is 6.42 Å². The van der Waals surface area contributed by atoms with E-state index in [2.05, 4.69) is 0 Å². The van der Waals surface area contributed by atoms with Crippen molar-refractivity contribution in [3.8, 4) is 0 Å². The molecule has 0 aromatic rings. The topological polar surface area (TPSA) is 81.8 Å². The van der Waals surface area contributed by atoms with Gasteiger partial charge in [0.15, 0.2) is 0 Å². The number of nitrogens with two attached hydrogens (primary N) is 1. The number of carbonyl (C=O) groups excluding carboxylic acids is 1. The monoisotopic (exact) mass is 207 g/mol. The maximum atomic E-state index is 10.5. The molecular formula is C7H13NO4S. The molecule has 1 saturated heterocycles. The fraction of sp³-hybridized carbons (Fsp3) is 0.857. The Balaban J connectivity index is 2.47. The molecular weight excluding hydrogens is 194 g/mol. The van der Waals surface area contributed by atoms with Crippen LogP contribution in [0.3, 0.4) is 0 Å². The molecule has 0 aromatic carbocycles. The van der Waals surface area contributed by atoms with E-state index in [9.17, 15) is 4.79 Å². The van der Waals surface area contributed by atoms with Crippen LogP contribution in [0.2, 0.25) is 0 Å². The Morgan fingerprint density at radius 1 is 1.77 bits per heavy atom. The summed E-state index contributed by atoms with van der Waals surface area (Å²) in [5, 5.41) is 8.83.